The first-order valence-electron chi connectivity index (χ1n) is 25.5. The zero-order valence-corrected chi connectivity index (χ0v) is 43.5. The normalized spacial score (nSPS) is 18.5. The van der Waals surface area contributed by atoms with Crippen molar-refractivity contribution in [3.8, 4) is 11.5 Å². The number of carbonyl (C=O) groups excluding carboxylic acids is 6. The molecule has 386 valence electrons. The molecule has 0 atom stereocenters. The molecular formula is C55H72N8O8S. The molecule has 0 radical (unpaired) electrons. The number of likely N-dealkylation sites (tertiary alicyclic amines) is 4. The van der Waals surface area contributed by atoms with Gasteiger partial charge in [-0.1, -0.05) is 94.1 Å². The standard InChI is InChI=1S/C31H41N3O4.C24H31N5O4S/c1-31(2)21-28(35)34(29(36)22-31)20-16-24-9-11-27(12-10-24)38-30(37)33-18-14-25(15-19-33)13-17-32(3)23-26-7-5-4-6-8-26;1-24(2)13-20(30)29(21(31)14-24)12-9-17-3-5-19(6-4-17)33-23(32)28-10-7-18(8-11-28)15-34-22-25-16-26-27-22/h4-12,25H,13-23H2,1-3H3;3-6,16,18H,7-15H2,1-2H3,(H,25,26,27). The molecule has 3 aromatic carbocycles. The Labute approximate surface area is 428 Å². The molecule has 5 heterocycles. The van der Waals surface area contributed by atoms with E-state index in [1.807, 2.05) is 58.0 Å². The molecular weight excluding hydrogens is 933 g/mol. The van der Waals surface area contributed by atoms with Gasteiger partial charge in [-0.15, -0.1) is 5.10 Å². The summed E-state index contributed by atoms with van der Waals surface area (Å²) in [5, 5.41) is 7.52. The number of amides is 6. The zero-order chi connectivity index (χ0) is 51.3. The van der Waals surface area contributed by atoms with Crippen molar-refractivity contribution >= 4 is 47.6 Å². The number of hydrogen-bond donors (Lipinski definition) is 1. The molecule has 8 rings (SSSR count). The van der Waals surface area contributed by atoms with Gasteiger partial charge in [-0.05, 0) is 122 Å². The van der Waals surface area contributed by atoms with E-state index in [0.29, 0.717) is 88.0 Å². The molecule has 6 amide bonds. The zero-order valence-electron chi connectivity index (χ0n) is 42.7. The molecule has 1 aromatic heterocycles. The molecule has 0 aliphatic carbocycles. The maximum absolute atomic E-state index is 12.7. The lowest BCUT2D eigenvalue weighted by atomic mass is 9.81. The maximum Gasteiger partial charge on any atom is 0.415 e. The monoisotopic (exact) mass is 1000 g/mol. The van der Waals surface area contributed by atoms with Gasteiger partial charge < -0.3 is 24.2 Å². The van der Waals surface area contributed by atoms with Crippen molar-refractivity contribution in [1.29, 1.82) is 0 Å². The predicted octanol–water partition coefficient (Wildman–Crippen LogP) is 8.66. The second kappa shape index (κ2) is 25.0. The third-order valence-corrected chi connectivity index (χ3v) is 15.1. The van der Waals surface area contributed by atoms with Crippen molar-refractivity contribution < 1.29 is 38.2 Å². The van der Waals surface area contributed by atoms with Crippen LogP contribution in [0.2, 0.25) is 0 Å². The third-order valence-electron chi connectivity index (χ3n) is 14.0. The van der Waals surface area contributed by atoms with Crippen LogP contribution in [-0.4, -0.2) is 134 Å². The van der Waals surface area contributed by atoms with Crippen LogP contribution in [0, 0.1) is 22.7 Å². The van der Waals surface area contributed by atoms with Gasteiger partial charge in [0.15, 0.2) is 0 Å². The van der Waals surface area contributed by atoms with E-state index in [9.17, 15) is 28.8 Å². The number of aromatic amines is 1. The van der Waals surface area contributed by atoms with E-state index in [1.54, 1.807) is 52.2 Å². The number of nitrogens with one attached hydrogen (secondary N) is 1. The highest BCUT2D eigenvalue weighted by atomic mass is 32.2. The summed E-state index contributed by atoms with van der Waals surface area (Å²) in [5.41, 5.74) is 2.78. The van der Waals surface area contributed by atoms with E-state index >= 15 is 0 Å². The van der Waals surface area contributed by atoms with E-state index in [0.717, 1.165) is 80.3 Å². The minimum Gasteiger partial charge on any atom is -0.410 e. The van der Waals surface area contributed by atoms with Gasteiger partial charge in [0.2, 0.25) is 28.8 Å². The average Bonchev–Trinajstić information content (AvgIpc) is 3.87. The van der Waals surface area contributed by atoms with E-state index in [1.165, 1.54) is 15.4 Å². The number of thioether (sulfide) groups is 1. The molecule has 4 saturated heterocycles. The van der Waals surface area contributed by atoms with Crippen LogP contribution in [0.3, 0.4) is 0 Å². The second-order valence-corrected chi connectivity index (χ2v) is 22.4. The van der Waals surface area contributed by atoms with Crippen LogP contribution in [0.4, 0.5) is 9.59 Å². The van der Waals surface area contributed by atoms with Crippen molar-refractivity contribution in [2.24, 2.45) is 22.7 Å². The molecule has 4 fully saturated rings. The number of aromatic nitrogens is 3. The van der Waals surface area contributed by atoms with Gasteiger partial charge in [0.25, 0.3) is 0 Å². The first kappa shape index (κ1) is 53.7. The summed E-state index contributed by atoms with van der Waals surface area (Å²) < 4.78 is 11.2. The lowest BCUT2D eigenvalue weighted by Crippen LogP contribution is -2.46. The number of benzene rings is 3. The van der Waals surface area contributed by atoms with Crippen molar-refractivity contribution in [1.82, 2.24) is 39.7 Å². The van der Waals surface area contributed by atoms with Crippen molar-refractivity contribution in [3.05, 3.63) is 102 Å². The molecule has 0 saturated carbocycles. The minimum absolute atomic E-state index is 0.0974. The van der Waals surface area contributed by atoms with Gasteiger partial charge in [0, 0.05) is 77.2 Å². The van der Waals surface area contributed by atoms with Gasteiger partial charge in [-0.2, -0.15) is 0 Å². The number of rotatable bonds is 16. The number of hydrogen-bond acceptors (Lipinski definition) is 12. The smallest absolute Gasteiger partial charge is 0.410 e. The fraction of sp³-hybridized carbons (Fsp3) is 0.527. The van der Waals surface area contributed by atoms with Gasteiger partial charge >= 0.3 is 12.2 Å². The minimum atomic E-state index is -0.333. The van der Waals surface area contributed by atoms with Gasteiger partial charge in [-0.3, -0.25) is 34.1 Å². The van der Waals surface area contributed by atoms with Crippen LogP contribution < -0.4 is 9.47 Å². The van der Waals surface area contributed by atoms with Gasteiger partial charge in [-0.25, -0.2) is 14.6 Å². The van der Waals surface area contributed by atoms with Gasteiger partial charge in [0.05, 0.1) is 0 Å². The summed E-state index contributed by atoms with van der Waals surface area (Å²) in [6.45, 7) is 13.3. The van der Waals surface area contributed by atoms with Crippen LogP contribution in [-0.2, 0) is 38.6 Å². The molecule has 17 heteroatoms. The Hall–Kier alpha value is -6.07. The largest absolute Gasteiger partial charge is 0.415 e. The summed E-state index contributed by atoms with van der Waals surface area (Å²) in [6.07, 6.45) is 8.67. The molecule has 0 bridgehead atoms. The highest BCUT2D eigenvalue weighted by Crippen LogP contribution is 2.33. The Kier molecular flexibility index (Phi) is 18.7. The SMILES string of the molecule is CC1(C)CC(=O)N(CCc2ccc(OC(=O)N3CCC(CSc4nc[nH]n4)CC3)cc2)C(=O)C1.CN(CCC1CCN(C(=O)Oc2ccc(CCN3C(=O)CC(C)(C)CC3=O)cc2)CC1)Cc1ccccc1. The third kappa shape index (κ3) is 16.2. The second-order valence-electron chi connectivity index (χ2n) is 21.4. The molecule has 16 nitrogen and oxygen atoms in total. The van der Waals surface area contributed by atoms with Crippen LogP contribution in [0.15, 0.2) is 90.3 Å². The van der Waals surface area contributed by atoms with Crippen molar-refractivity contribution in [2.45, 2.75) is 110 Å². The van der Waals surface area contributed by atoms with Gasteiger partial charge in [0.1, 0.15) is 17.8 Å². The molecule has 1 N–H and O–H groups in total. The highest BCUT2D eigenvalue weighted by Gasteiger charge is 2.38. The number of ether oxygens (including phenoxy) is 2. The van der Waals surface area contributed by atoms with Crippen molar-refractivity contribution in [3.63, 3.8) is 0 Å². The lowest BCUT2D eigenvalue weighted by Gasteiger charge is -2.34. The summed E-state index contributed by atoms with van der Waals surface area (Å²) in [5.74, 6) is 2.68. The Morgan fingerprint density at radius 1 is 0.639 bits per heavy atom. The highest BCUT2D eigenvalue weighted by molar-refractivity contribution is 7.99. The Morgan fingerprint density at radius 2 is 1.08 bits per heavy atom. The molecule has 0 spiro atoms. The molecule has 72 heavy (non-hydrogen) atoms. The lowest BCUT2D eigenvalue weighted by molar-refractivity contribution is -0.154. The first-order chi connectivity index (χ1) is 34.5. The van der Waals surface area contributed by atoms with E-state index in [-0.39, 0.29) is 46.6 Å². The number of nitrogens with zero attached hydrogens (tertiary/aromatic N) is 7. The molecule has 4 aliphatic heterocycles. The molecule has 4 aliphatic rings. The van der Waals surface area contributed by atoms with Crippen LogP contribution >= 0.6 is 11.8 Å². The predicted molar refractivity (Wildman–Crippen MR) is 275 cm³/mol. The van der Waals surface area contributed by atoms with E-state index in [2.05, 4.69) is 51.4 Å². The Morgan fingerprint density at radius 3 is 1.51 bits per heavy atom. The van der Waals surface area contributed by atoms with E-state index in [4.69, 9.17) is 9.47 Å². The van der Waals surface area contributed by atoms with Crippen LogP contribution in [0.5, 0.6) is 11.5 Å². The first-order valence-corrected chi connectivity index (χ1v) is 26.4. The fourth-order valence-electron chi connectivity index (χ4n) is 9.70. The topological polar surface area (TPSA) is 179 Å². The average molecular weight is 1010 g/mol. The number of H-pyrrole nitrogens is 1. The Balaban J connectivity index is 0.000000213. The maximum atomic E-state index is 12.7. The number of piperidine rings is 4. The van der Waals surface area contributed by atoms with E-state index < -0.39 is 0 Å². The fourth-order valence-corrected chi connectivity index (χ4v) is 10.7. The molecule has 0 unspecified atom stereocenters. The molecule has 4 aromatic rings. The quantitative estimate of drug-likeness (QED) is 0.0836. The summed E-state index contributed by atoms with van der Waals surface area (Å²) in [7, 11) is 2.16. The van der Waals surface area contributed by atoms with Crippen molar-refractivity contribution in [2.75, 3.05) is 58.6 Å². The summed E-state index contributed by atoms with van der Waals surface area (Å²) in [4.78, 5) is 87.4. The number of imide groups is 2. The summed E-state index contributed by atoms with van der Waals surface area (Å²) in [6, 6.07) is 25.1. The van der Waals surface area contributed by atoms with Crippen LogP contribution in [0.25, 0.3) is 0 Å². The van der Waals surface area contributed by atoms with Crippen LogP contribution in [0.1, 0.15) is 102 Å². The number of carbonyl (C=O) groups is 6. The Bertz CT molecular complexity index is 2390. The summed E-state index contributed by atoms with van der Waals surface area (Å²) >= 11 is 1.63.